The highest BCUT2D eigenvalue weighted by molar-refractivity contribution is 6.30. The normalized spacial score (nSPS) is 13.0. The van der Waals surface area contributed by atoms with Crippen molar-refractivity contribution in [3.8, 4) is 0 Å². The van der Waals surface area contributed by atoms with Gasteiger partial charge in [0.25, 0.3) is 5.91 Å². The van der Waals surface area contributed by atoms with Crippen molar-refractivity contribution in [1.82, 2.24) is 4.98 Å². The van der Waals surface area contributed by atoms with E-state index in [9.17, 15) is 9.59 Å². The van der Waals surface area contributed by atoms with Crippen LogP contribution < -0.4 is 5.32 Å². The molecule has 1 aromatic heterocycles. The number of carbonyl (C=O) groups excluding carboxylic acids is 2. The van der Waals surface area contributed by atoms with Crippen LogP contribution >= 0.6 is 11.6 Å². The SMILES string of the molecule is O=C(COC(=O)c1c2c(nc3ccccc13)CCCC2)Nc1ccc(Cl)cc1. The third-order valence-electron chi connectivity index (χ3n) is 4.84. The third-order valence-corrected chi connectivity index (χ3v) is 5.09. The van der Waals surface area contributed by atoms with Gasteiger partial charge in [-0.3, -0.25) is 9.78 Å². The van der Waals surface area contributed by atoms with Crippen LogP contribution in [0.2, 0.25) is 5.02 Å². The fourth-order valence-electron chi connectivity index (χ4n) is 3.54. The number of nitrogens with zero attached hydrogens (tertiary/aromatic N) is 1. The highest BCUT2D eigenvalue weighted by atomic mass is 35.5. The fraction of sp³-hybridized carbons (Fsp3) is 0.227. The van der Waals surface area contributed by atoms with Crippen LogP contribution in [0.3, 0.4) is 0 Å². The molecule has 6 heteroatoms. The first-order valence-corrected chi connectivity index (χ1v) is 9.62. The molecular weight excluding hydrogens is 376 g/mol. The van der Waals surface area contributed by atoms with Gasteiger partial charge in [-0.15, -0.1) is 0 Å². The van der Waals surface area contributed by atoms with Crippen molar-refractivity contribution in [2.75, 3.05) is 11.9 Å². The van der Waals surface area contributed by atoms with Crippen LogP contribution in [-0.2, 0) is 22.4 Å². The minimum Gasteiger partial charge on any atom is -0.452 e. The number of pyridine rings is 1. The van der Waals surface area contributed by atoms with Crippen molar-refractivity contribution in [3.63, 3.8) is 0 Å². The van der Waals surface area contributed by atoms with Gasteiger partial charge >= 0.3 is 5.97 Å². The Kier molecular flexibility index (Phi) is 5.26. The van der Waals surface area contributed by atoms with Gasteiger partial charge in [0, 0.05) is 21.8 Å². The smallest absolute Gasteiger partial charge is 0.339 e. The lowest BCUT2D eigenvalue weighted by Gasteiger charge is -2.19. The molecule has 28 heavy (non-hydrogen) atoms. The quantitative estimate of drug-likeness (QED) is 0.658. The van der Waals surface area contributed by atoms with Gasteiger partial charge in [0.2, 0.25) is 0 Å². The summed E-state index contributed by atoms with van der Waals surface area (Å²) in [5.74, 6) is -0.883. The molecule has 1 heterocycles. The summed E-state index contributed by atoms with van der Waals surface area (Å²) in [6.45, 7) is -0.354. The molecule has 0 atom stereocenters. The number of hydrogen-bond donors (Lipinski definition) is 1. The number of fused-ring (bicyclic) bond motifs is 2. The maximum atomic E-state index is 12.9. The first-order chi connectivity index (χ1) is 13.6. The molecule has 1 aliphatic carbocycles. The van der Waals surface area contributed by atoms with Crippen molar-refractivity contribution in [2.24, 2.45) is 0 Å². The number of nitrogens with one attached hydrogen (secondary N) is 1. The predicted molar refractivity (Wildman–Crippen MR) is 109 cm³/mol. The number of aromatic nitrogens is 1. The Morgan fingerprint density at radius 3 is 2.61 bits per heavy atom. The minimum atomic E-state index is -0.483. The third kappa shape index (κ3) is 3.85. The Hall–Kier alpha value is -2.92. The summed E-state index contributed by atoms with van der Waals surface area (Å²) >= 11 is 5.84. The Bertz CT molecular complexity index is 1050. The number of carbonyl (C=O) groups is 2. The molecule has 0 spiro atoms. The molecular formula is C22H19ClN2O3. The second kappa shape index (κ2) is 7.98. The number of esters is 1. The second-order valence-corrected chi connectivity index (χ2v) is 7.20. The maximum Gasteiger partial charge on any atom is 0.339 e. The largest absolute Gasteiger partial charge is 0.452 e. The van der Waals surface area contributed by atoms with Crippen molar-refractivity contribution < 1.29 is 14.3 Å². The predicted octanol–water partition coefficient (Wildman–Crippen LogP) is 4.56. The summed E-state index contributed by atoms with van der Waals surface area (Å²) in [5.41, 5.74) is 3.83. The number of rotatable bonds is 4. The number of aryl methyl sites for hydroxylation is 1. The summed E-state index contributed by atoms with van der Waals surface area (Å²) < 4.78 is 5.36. The van der Waals surface area contributed by atoms with Crippen LogP contribution in [0.1, 0.15) is 34.5 Å². The van der Waals surface area contributed by atoms with Gasteiger partial charge in [-0.05, 0) is 61.6 Å². The van der Waals surface area contributed by atoms with Gasteiger partial charge in [0.15, 0.2) is 6.61 Å². The van der Waals surface area contributed by atoms with E-state index in [1.54, 1.807) is 24.3 Å². The van der Waals surface area contributed by atoms with Gasteiger partial charge in [-0.1, -0.05) is 29.8 Å². The van der Waals surface area contributed by atoms with E-state index < -0.39 is 11.9 Å². The van der Waals surface area contributed by atoms with E-state index in [0.29, 0.717) is 16.3 Å². The fourth-order valence-corrected chi connectivity index (χ4v) is 3.67. The summed E-state index contributed by atoms with van der Waals surface area (Å²) in [6.07, 6.45) is 3.74. The van der Waals surface area contributed by atoms with Crippen molar-refractivity contribution >= 4 is 40.1 Å². The van der Waals surface area contributed by atoms with Crippen LogP contribution in [0.5, 0.6) is 0 Å². The van der Waals surface area contributed by atoms with Crippen molar-refractivity contribution in [2.45, 2.75) is 25.7 Å². The number of amides is 1. The van der Waals surface area contributed by atoms with E-state index >= 15 is 0 Å². The molecule has 3 aromatic rings. The van der Waals surface area contributed by atoms with E-state index in [1.807, 2.05) is 24.3 Å². The number of anilines is 1. The highest BCUT2D eigenvalue weighted by Gasteiger charge is 2.24. The number of para-hydroxylation sites is 1. The number of ether oxygens (including phenoxy) is 1. The summed E-state index contributed by atoms with van der Waals surface area (Å²) in [5, 5.41) is 4.04. The number of hydrogen-bond acceptors (Lipinski definition) is 4. The lowest BCUT2D eigenvalue weighted by Crippen LogP contribution is -2.22. The first-order valence-electron chi connectivity index (χ1n) is 9.25. The number of halogens is 1. The number of benzene rings is 2. The topological polar surface area (TPSA) is 68.3 Å². The Morgan fingerprint density at radius 1 is 1.04 bits per heavy atom. The van der Waals surface area contributed by atoms with Gasteiger partial charge in [-0.25, -0.2) is 4.79 Å². The van der Waals surface area contributed by atoms with Crippen molar-refractivity contribution in [1.29, 1.82) is 0 Å². The molecule has 1 aliphatic rings. The Balaban J connectivity index is 1.54. The van der Waals surface area contributed by atoms with Crippen LogP contribution in [0, 0.1) is 0 Å². The molecule has 0 fully saturated rings. The Morgan fingerprint density at radius 2 is 1.79 bits per heavy atom. The molecule has 4 rings (SSSR count). The van der Waals surface area contributed by atoms with Gasteiger partial charge in [0.1, 0.15) is 0 Å². The molecule has 0 saturated heterocycles. The molecule has 0 aliphatic heterocycles. The molecule has 2 aromatic carbocycles. The minimum absolute atomic E-state index is 0.354. The average molecular weight is 395 g/mol. The second-order valence-electron chi connectivity index (χ2n) is 6.77. The highest BCUT2D eigenvalue weighted by Crippen LogP contribution is 2.29. The van der Waals surface area contributed by atoms with Gasteiger partial charge in [-0.2, -0.15) is 0 Å². The van der Waals surface area contributed by atoms with Gasteiger partial charge in [0.05, 0.1) is 11.1 Å². The Labute approximate surface area is 167 Å². The summed E-state index contributed by atoms with van der Waals surface area (Å²) in [7, 11) is 0. The zero-order valence-electron chi connectivity index (χ0n) is 15.2. The van der Waals surface area contributed by atoms with Crippen LogP contribution in [0.15, 0.2) is 48.5 Å². The van der Waals surface area contributed by atoms with E-state index in [0.717, 1.165) is 47.8 Å². The zero-order valence-corrected chi connectivity index (χ0v) is 16.0. The first kappa shape index (κ1) is 18.4. The molecule has 0 radical (unpaired) electrons. The summed E-state index contributed by atoms with van der Waals surface area (Å²) in [6, 6.07) is 14.3. The lowest BCUT2D eigenvalue weighted by atomic mass is 9.90. The molecule has 142 valence electrons. The molecule has 0 saturated carbocycles. The molecule has 0 bridgehead atoms. The van der Waals surface area contributed by atoms with E-state index in [2.05, 4.69) is 5.32 Å². The van der Waals surface area contributed by atoms with E-state index in [4.69, 9.17) is 21.3 Å². The summed E-state index contributed by atoms with van der Waals surface area (Å²) in [4.78, 5) is 29.8. The van der Waals surface area contributed by atoms with Crippen LogP contribution in [0.25, 0.3) is 10.9 Å². The van der Waals surface area contributed by atoms with Crippen LogP contribution in [0.4, 0.5) is 5.69 Å². The monoisotopic (exact) mass is 394 g/mol. The average Bonchev–Trinajstić information content (AvgIpc) is 2.72. The molecule has 1 N–H and O–H groups in total. The van der Waals surface area contributed by atoms with Crippen molar-refractivity contribution in [3.05, 3.63) is 70.4 Å². The van der Waals surface area contributed by atoms with E-state index in [-0.39, 0.29) is 6.61 Å². The molecule has 0 unspecified atom stereocenters. The zero-order chi connectivity index (χ0) is 19.5. The maximum absolute atomic E-state index is 12.9. The van der Waals surface area contributed by atoms with Crippen LogP contribution in [-0.4, -0.2) is 23.5 Å². The lowest BCUT2D eigenvalue weighted by molar-refractivity contribution is -0.119. The molecule has 5 nitrogen and oxygen atoms in total. The standard InChI is InChI=1S/C22H19ClN2O3/c23-14-9-11-15(12-10-14)24-20(26)13-28-22(27)21-16-5-1-3-7-18(16)25-19-8-4-2-6-17(19)21/h1,3,5,7,9-12H,2,4,6,8,13H2,(H,24,26). The van der Waals surface area contributed by atoms with Gasteiger partial charge < -0.3 is 10.1 Å². The molecule has 1 amide bonds. The van der Waals surface area contributed by atoms with E-state index in [1.165, 1.54) is 0 Å².